The number of hydrogen-bond acceptors (Lipinski definition) is 5. The molecule has 1 aromatic heterocycles. The van der Waals surface area contributed by atoms with Crippen LogP contribution in [0.2, 0.25) is 0 Å². The molecular formula is C17H24N2O4. The van der Waals surface area contributed by atoms with Crippen LogP contribution in [-0.4, -0.2) is 60.9 Å². The summed E-state index contributed by atoms with van der Waals surface area (Å²) in [6, 6.07) is 5.90. The molecule has 2 saturated heterocycles. The lowest BCUT2D eigenvalue weighted by Gasteiger charge is -2.32. The molecule has 2 aliphatic heterocycles. The summed E-state index contributed by atoms with van der Waals surface area (Å²) in [5.41, 5.74) is 0.893. The lowest BCUT2D eigenvalue weighted by Crippen LogP contribution is -2.44. The van der Waals surface area contributed by atoms with Gasteiger partial charge in [-0.15, -0.1) is 0 Å². The number of fused-ring (bicyclic) bond motifs is 1. The molecule has 0 N–H and O–H groups in total. The molecule has 6 heteroatoms. The maximum atomic E-state index is 12.4. The molecule has 0 unspecified atom stereocenters. The molecule has 0 spiro atoms. The van der Waals surface area contributed by atoms with Crippen LogP contribution in [0.5, 0.6) is 0 Å². The van der Waals surface area contributed by atoms with Crippen LogP contribution in [-0.2, 0) is 25.6 Å². The second-order valence-electron chi connectivity index (χ2n) is 6.00. The van der Waals surface area contributed by atoms with Crippen molar-refractivity contribution in [1.82, 2.24) is 9.88 Å². The summed E-state index contributed by atoms with van der Waals surface area (Å²) in [6.07, 6.45) is 4.02. The molecule has 0 radical (unpaired) electrons. The first-order chi connectivity index (χ1) is 11.3. The van der Waals surface area contributed by atoms with Gasteiger partial charge in [0.2, 0.25) is 5.91 Å². The highest BCUT2D eigenvalue weighted by molar-refractivity contribution is 5.77. The molecule has 3 rings (SSSR count). The van der Waals surface area contributed by atoms with Crippen molar-refractivity contribution in [3.8, 4) is 0 Å². The van der Waals surface area contributed by atoms with E-state index in [0.29, 0.717) is 26.2 Å². The van der Waals surface area contributed by atoms with E-state index in [1.165, 1.54) is 0 Å². The van der Waals surface area contributed by atoms with Gasteiger partial charge in [0, 0.05) is 26.5 Å². The Hall–Kier alpha value is -1.50. The minimum Gasteiger partial charge on any atom is -0.384 e. The number of carbonyl (C=O) groups is 1. The molecule has 6 nitrogen and oxygen atoms in total. The summed E-state index contributed by atoms with van der Waals surface area (Å²) in [6.45, 7) is 2.22. The second-order valence-corrected chi connectivity index (χ2v) is 6.00. The zero-order valence-electron chi connectivity index (χ0n) is 13.5. The van der Waals surface area contributed by atoms with E-state index in [4.69, 9.17) is 14.2 Å². The van der Waals surface area contributed by atoms with Crippen molar-refractivity contribution in [2.24, 2.45) is 0 Å². The van der Waals surface area contributed by atoms with Crippen molar-refractivity contribution >= 4 is 5.91 Å². The number of ether oxygens (including phenoxy) is 3. The highest BCUT2D eigenvalue weighted by Gasteiger charge is 2.46. The minimum absolute atomic E-state index is 0.0287. The predicted octanol–water partition coefficient (Wildman–Crippen LogP) is 1.39. The molecular weight excluding hydrogens is 296 g/mol. The number of aromatic nitrogens is 1. The molecule has 23 heavy (non-hydrogen) atoms. The second kappa shape index (κ2) is 7.86. The Morgan fingerprint density at radius 2 is 2.39 bits per heavy atom. The normalized spacial score (nSPS) is 27.0. The van der Waals surface area contributed by atoms with Gasteiger partial charge in [-0.25, -0.2) is 0 Å². The molecule has 2 aliphatic rings. The minimum atomic E-state index is -0.0891. The van der Waals surface area contributed by atoms with Crippen molar-refractivity contribution in [2.75, 3.05) is 26.9 Å². The highest BCUT2D eigenvalue weighted by atomic mass is 16.5. The van der Waals surface area contributed by atoms with Crippen molar-refractivity contribution in [3.63, 3.8) is 0 Å². The third kappa shape index (κ3) is 3.88. The third-order valence-electron chi connectivity index (χ3n) is 4.49. The smallest absolute Gasteiger partial charge is 0.225 e. The summed E-state index contributed by atoms with van der Waals surface area (Å²) in [4.78, 5) is 18.6. The fourth-order valence-corrected chi connectivity index (χ4v) is 3.35. The predicted molar refractivity (Wildman–Crippen MR) is 83.8 cm³/mol. The molecule has 2 fully saturated rings. The quantitative estimate of drug-likeness (QED) is 0.793. The van der Waals surface area contributed by atoms with E-state index >= 15 is 0 Å². The fourth-order valence-electron chi connectivity index (χ4n) is 3.35. The number of pyridine rings is 1. The zero-order chi connectivity index (χ0) is 16.1. The Morgan fingerprint density at radius 1 is 1.48 bits per heavy atom. The Balaban J connectivity index is 1.62. The fraction of sp³-hybridized carbons (Fsp3) is 0.647. The van der Waals surface area contributed by atoms with Gasteiger partial charge >= 0.3 is 0 Å². The van der Waals surface area contributed by atoms with Gasteiger partial charge in [0.25, 0.3) is 0 Å². The van der Waals surface area contributed by atoms with Crippen LogP contribution in [0.25, 0.3) is 0 Å². The van der Waals surface area contributed by atoms with Gasteiger partial charge in [-0.1, -0.05) is 6.07 Å². The number of rotatable bonds is 6. The van der Waals surface area contributed by atoms with Crippen LogP contribution in [0.4, 0.5) is 0 Å². The summed E-state index contributed by atoms with van der Waals surface area (Å²) in [5.74, 6) is 0.122. The lowest BCUT2D eigenvalue weighted by molar-refractivity contribution is -0.135. The van der Waals surface area contributed by atoms with E-state index in [-0.39, 0.29) is 24.2 Å². The number of hydrogen-bond donors (Lipinski definition) is 0. The van der Waals surface area contributed by atoms with Gasteiger partial charge in [0.15, 0.2) is 0 Å². The van der Waals surface area contributed by atoms with Crippen LogP contribution in [0.15, 0.2) is 24.4 Å². The van der Waals surface area contributed by atoms with Crippen molar-refractivity contribution in [2.45, 2.75) is 44.1 Å². The summed E-state index contributed by atoms with van der Waals surface area (Å²) >= 11 is 0. The topological polar surface area (TPSA) is 60.9 Å². The molecule has 0 saturated carbocycles. The van der Waals surface area contributed by atoms with Gasteiger partial charge in [-0.2, -0.15) is 0 Å². The van der Waals surface area contributed by atoms with Crippen LogP contribution in [0.1, 0.15) is 25.0 Å². The van der Waals surface area contributed by atoms with Gasteiger partial charge in [0.1, 0.15) is 12.2 Å². The maximum Gasteiger partial charge on any atom is 0.225 e. The van der Waals surface area contributed by atoms with Gasteiger partial charge in [0.05, 0.1) is 31.4 Å². The molecule has 0 bridgehead atoms. The van der Waals surface area contributed by atoms with E-state index in [1.54, 1.807) is 13.3 Å². The first-order valence-corrected chi connectivity index (χ1v) is 8.21. The molecule has 3 heterocycles. The Kier molecular flexibility index (Phi) is 5.59. The molecule has 1 aromatic rings. The Morgan fingerprint density at radius 3 is 3.17 bits per heavy atom. The summed E-state index contributed by atoms with van der Waals surface area (Å²) in [7, 11) is 1.61. The maximum absolute atomic E-state index is 12.4. The standard InChI is InChI=1S/C17H24N2O4/c1-21-10-7-16(20)19-11-15(17-14(19)6-4-9-22-17)23-12-13-5-2-3-8-18-13/h2-3,5,8,14-15,17H,4,6-7,9-12H2,1H3/t14-,15-,17+/m1/s1. The van der Waals surface area contributed by atoms with Crippen LogP contribution in [0.3, 0.4) is 0 Å². The average molecular weight is 320 g/mol. The number of likely N-dealkylation sites (tertiary alicyclic amines) is 1. The largest absolute Gasteiger partial charge is 0.384 e. The van der Waals surface area contributed by atoms with Crippen molar-refractivity contribution < 1.29 is 19.0 Å². The average Bonchev–Trinajstić information content (AvgIpc) is 2.98. The van der Waals surface area contributed by atoms with Gasteiger partial charge in [-0.3, -0.25) is 9.78 Å². The van der Waals surface area contributed by atoms with Gasteiger partial charge in [-0.05, 0) is 25.0 Å². The van der Waals surface area contributed by atoms with E-state index in [2.05, 4.69) is 4.98 Å². The summed E-state index contributed by atoms with van der Waals surface area (Å²) < 4.78 is 17.0. The van der Waals surface area contributed by atoms with Crippen LogP contribution >= 0.6 is 0 Å². The Bertz CT molecular complexity index is 511. The molecule has 0 aliphatic carbocycles. The van der Waals surface area contributed by atoms with E-state index < -0.39 is 0 Å². The van der Waals surface area contributed by atoms with E-state index in [0.717, 1.165) is 25.1 Å². The monoisotopic (exact) mass is 320 g/mol. The van der Waals surface area contributed by atoms with E-state index in [1.807, 2.05) is 23.1 Å². The number of nitrogens with zero attached hydrogens (tertiary/aromatic N) is 2. The number of amides is 1. The zero-order valence-corrected chi connectivity index (χ0v) is 13.5. The van der Waals surface area contributed by atoms with Crippen molar-refractivity contribution in [1.29, 1.82) is 0 Å². The van der Waals surface area contributed by atoms with Crippen LogP contribution < -0.4 is 0 Å². The van der Waals surface area contributed by atoms with Crippen LogP contribution in [0, 0.1) is 0 Å². The van der Waals surface area contributed by atoms with Gasteiger partial charge < -0.3 is 19.1 Å². The third-order valence-corrected chi connectivity index (χ3v) is 4.49. The highest BCUT2D eigenvalue weighted by Crippen LogP contribution is 2.31. The van der Waals surface area contributed by atoms with Crippen molar-refractivity contribution in [3.05, 3.63) is 30.1 Å². The lowest BCUT2D eigenvalue weighted by atomic mass is 10.0. The first-order valence-electron chi connectivity index (χ1n) is 8.21. The number of methoxy groups -OCH3 is 1. The first kappa shape index (κ1) is 16.4. The molecule has 3 atom stereocenters. The number of carbonyl (C=O) groups excluding carboxylic acids is 1. The Labute approximate surface area is 136 Å². The SMILES string of the molecule is COCCC(=O)N1C[C@@H](OCc2ccccn2)[C@H]2OCCC[C@H]21. The summed E-state index contributed by atoms with van der Waals surface area (Å²) in [5, 5.41) is 0. The molecule has 0 aromatic carbocycles. The molecule has 1 amide bonds. The molecule has 126 valence electrons. The van der Waals surface area contributed by atoms with E-state index in [9.17, 15) is 4.79 Å².